The van der Waals surface area contributed by atoms with Gasteiger partial charge in [-0.25, -0.2) is 4.57 Å². The van der Waals surface area contributed by atoms with Gasteiger partial charge in [0.05, 0.1) is 6.61 Å². The molecule has 196 valence electrons. The molecule has 0 rings (SSSR count). The maximum atomic E-state index is 11.8. The fraction of sp³-hybridized carbons (Fsp3) is 0.962. The second-order valence-electron chi connectivity index (χ2n) is 9.71. The standard InChI is InChI=1S/C26H53O5P.Mg.2H/c1-4-5-6-7-8-9-10-11-12-13-14-15-16-17-20-23-26(27)31-32(28,29)30-24-21-18-19-22-25(2)3;;;/h25H,4-24H2,1-3H3,(H,28,29);;;. The highest BCUT2D eigenvalue weighted by molar-refractivity contribution is 7.48. The number of phosphoric ester groups is 1. The molecule has 0 aromatic heterocycles. The first kappa shape index (κ1) is 35.5. The lowest BCUT2D eigenvalue weighted by Crippen LogP contribution is -2.05. The van der Waals surface area contributed by atoms with Crippen LogP contribution in [-0.2, 0) is 18.4 Å². The van der Waals surface area contributed by atoms with E-state index in [0.29, 0.717) is 18.8 Å². The molecule has 1 N–H and O–H groups in total. The van der Waals surface area contributed by atoms with Gasteiger partial charge in [0.1, 0.15) is 0 Å². The molecule has 0 aliphatic heterocycles. The summed E-state index contributed by atoms with van der Waals surface area (Å²) in [5.74, 6) is 0.0332. The molecule has 0 spiro atoms. The van der Waals surface area contributed by atoms with Gasteiger partial charge in [0, 0.05) is 6.42 Å². The van der Waals surface area contributed by atoms with Crippen LogP contribution in [-0.4, -0.2) is 40.5 Å². The maximum Gasteiger partial charge on any atom is 0.529 e. The molecular formula is C26H55MgO5P. The molecule has 0 aliphatic carbocycles. The largest absolute Gasteiger partial charge is 0.529 e. The lowest BCUT2D eigenvalue weighted by molar-refractivity contribution is -0.136. The fourth-order valence-electron chi connectivity index (χ4n) is 3.85. The van der Waals surface area contributed by atoms with Crippen LogP contribution < -0.4 is 0 Å². The molecule has 0 saturated carbocycles. The van der Waals surface area contributed by atoms with Gasteiger partial charge in [-0.05, 0) is 18.8 Å². The van der Waals surface area contributed by atoms with E-state index >= 15 is 0 Å². The van der Waals surface area contributed by atoms with Crippen LogP contribution in [0.25, 0.3) is 0 Å². The van der Waals surface area contributed by atoms with Crippen molar-refractivity contribution in [3.63, 3.8) is 0 Å². The van der Waals surface area contributed by atoms with E-state index < -0.39 is 13.8 Å². The van der Waals surface area contributed by atoms with Gasteiger partial charge in [-0.1, -0.05) is 130 Å². The molecule has 33 heavy (non-hydrogen) atoms. The molecule has 0 radical (unpaired) electrons. The monoisotopic (exact) mass is 502 g/mol. The van der Waals surface area contributed by atoms with Crippen LogP contribution in [0.3, 0.4) is 0 Å². The minimum atomic E-state index is -4.26. The maximum absolute atomic E-state index is 11.8. The van der Waals surface area contributed by atoms with Crippen molar-refractivity contribution >= 4 is 36.8 Å². The molecule has 7 heteroatoms. The molecule has 1 unspecified atom stereocenters. The van der Waals surface area contributed by atoms with Crippen LogP contribution in [0.1, 0.15) is 149 Å². The Morgan fingerprint density at radius 1 is 0.727 bits per heavy atom. The first-order valence-corrected chi connectivity index (χ1v) is 15.1. The van der Waals surface area contributed by atoms with Crippen molar-refractivity contribution in [1.82, 2.24) is 0 Å². The SMILES string of the molecule is CCCCCCCCCCCCCCCCCC(=O)OP(=O)(O)OCCCCCC(C)C.[MgH2]. The summed E-state index contributed by atoms with van der Waals surface area (Å²) in [5.41, 5.74) is 0. The van der Waals surface area contributed by atoms with Gasteiger partial charge in [0.15, 0.2) is 0 Å². The Kier molecular flexibility index (Phi) is 27.4. The van der Waals surface area contributed by atoms with Gasteiger partial charge in [-0.15, -0.1) is 0 Å². The highest BCUT2D eigenvalue weighted by atomic mass is 31.2. The summed E-state index contributed by atoms with van der Waals surface area (Å²) in [7, 11) is -4.26. The Labute approximate surface area is 221 Å². The van der Waals surface area contributed by atoms with Gasteiger partial charge in [0.2, 0.25) is 0 Å². The van der Waals surface area contributed by atoms with E-state index in [1.54, 1.807) is 0 Å². The lowest BCUT2D eigenvalue weighted by atomic mass is 10.0. The Hall–Kier alpha value is 0.386. The minimum Gasteiger partial charge on any atom is -0.371 e. The summed E-state index contributed by atoms with van der Waals surface area (Å²) in [6, 6.07) is 0. The highest BCUT2D eigenvalue weighted by Crippen LogP contribution is 2.43. The molecule has 5 nitrogen and oxygen atoms in total. The molecule has 0 heterocycles. The zero-order valence-corrected chi connectivity index (χ0v) is 22.3. The molecular weight excluding hydrogens is 448 g/mol. The van der Waals surface area contributed by atoms with E-state index in [-0.39, 0.29) is 36.1 Å². The van der Waals surface area contributed by atoms with Gasteiger partial charge in [-0.2, -0.15) is 0 Å². The van der Waals surface area contributed by atoms with Crippen molar-refractivity contribution in [2.45, 2.75) is 149 Å². The summed E-state index contributed by atoms with van der Waals surface area (Å²) < 4.78 is 21.4. The summed E-state index contributed by atoms with van der Waals surface area (Å²) >= 11 is 0. The molecule has 0 amide bonds. The van der Waals surface area contributed by atoms with E-state index in [9.17, 15) is 14.3 Å². The highest BCUT2D eigenvalue weighted by Gasteiger charge is 2.25. The average molecular weight is 503 g/mol. The van der Waals surface area contributed by atoms with Crippen molar-refractivity contribution in [3.05, 3.63) is 0 Å². The quantitative estimate of drug-likeness (QED) is 0.0817. The van der Waals surface area contributed by atoms with Crippen LogP contribution in [0.15, 0.2) is 0 Å². The van der Waals surface area contributed by atoms with E-state index in [1.807, 2.05) is 0 Å². The number of unbranched alkanes of at least 4 members (excludes halogenated alkanes) is 16. The predicted molar refractivity (Wildman–Crippen MR) is 143 cm³/mol. The molecule has 0 aromatic rings. The number of hydrogen-bond donors (Lipinski definition) is 1. The predicted octanol–water partition coefficient (Wildman–Crippen LogP) is 8.21. The normalized spacial score (nSPS) is 13.0. The Morgan fingerprint density at radius 3 is 1.61 bits per heavy atom. The van der Waals surface area contributed by atoms with E-state index in [4.69, 9.17) is 4.52 Å². The third kappa shape index (κ3) is 28.5. The molecule has 0 saturated heterocycles. The van der Waals surface area contributed by atoms with E-state index in [0.717, 1.165) is 32.1 Å². The van der Waals surface area contributed by atoms with Crippen LogP contribution in [0, 0.1) is 5.92 Å². The number of hydrogen-bond acceptors (Lipinski definition) is 4. The zero-order valence-electron chi connectivity index (χ0n) is 21.5. The molecule has 0 aliphatic rings. The Bertz CT molecular complexity index is 474. The minimum absolute atomic E-state index is 0. The molecule has 1 atom stereocenters. The Balaban J connectivity index is 0. The van der Waals surface area contributed by atoms with E-state index in [2.05, 4.69) is 25.3 Å². The van der Waals surface area contributed by atoms with Gasteiger partial charge < -0.3 is 4.52 Å². The van der Waals surface area contributed by atoms with Crippen molar-refractivity contribution in [2.24, 2.45) is 5.92 Å². The van der Waals surface area contributed by atoms with Gasteiger partial charge >= 0.3 is 36.8 Å². The third-order valence-electron chi connectivity index (χ3n) is 5.88. The molecule has 0 aromatic carbocycles. The first-order chi connectivity index (χ1) is 15.4. The Morgan fingerprint density at radius 2 is 1.15 bits per heavy atom. The topological polar surface area (TPSA) is 72.8 Å². The molecule has 0 bridgehead atoms. The average Bonchev–Trinajstić information content (AvgIpc) is 2.72. The van der Waals surface area contributed by atoms with Crippen molar-refractivity contribution < 1.29 is 23.3 Å². The first-order valence-electron chi connectivity index (χ1n) is 13.6. The number of carbonyl (C=O) groups excluding carboxylic acids is 1. The van der Waals surface area contributed by atoms with Crippen LogP contribution in [0.5, 0.6) is 0 Å². The van der Waals surface area contributed by atoms with Crippen LogP contribution in [0.2, 0.25) is 0 Å². The number of rotatable bonds is 24. The van der Waals surface area contributed by atoms with Crippen molar-refractivity contribution in [2.75, 3.05) is 6.61 Å². The number of carbonyl (C=O) groups is 1. The van der Waals surface area contributed by atoms with Crippen LogP contribution in [0.4, 0.5) is 0 Å². The lowest BCUT2D eigenvalue weighted by Gasteiger charge is -2.12. The second-order valence-corrected chi connectivity index (χ2v) is 11.1. The van der Waals surface area contributed by atoms with Crippen molar-refractivity contribution in [1.29, 1.82) is 0 Å². The summed E-state index contributed by atoms with van der Waals surface area (Å²) in [4.78, 5) is 21.4. The zero-order chi connectivity index (χ0) is 23.9. The fourth-order valence-corrected chi connectivity index (χ4v) is 4.61. The van der Waals surface area contributed by atoms with Crippen molar-refractivity contribution in [3.8, 4) is 0 Å². The second kappa shape index (κ2) is 25.5. The summed E-state index contributed by atoms with van der Waals surface area (Å²) in [5, 5.41) is 0. The van der Waals surface area contributed by atoms with Gasteiger partial charge in [0.25, 0.3) is 0 Å². The summed E-state index contributed by atoms with van der Waals surface area (Å²) in [6.45, 7) is 6.77. The number of phosphoric acid groups is 1. The molecule has 0 fully saturated rings. The van der Waals surface area contributed by atoms with Crippen LogP contribution >= 0.6 is 7.82 Å². The van der Waals surface area contributed by atoms with E-state index in [1.165, 1.54) is 77.0 Å². The smallest absolute Gasteiger partial charge is 0.371 e. The third-order valence-corrected chi connectivity index (χ3v) is 6.83. The summed E-state index contributed by atoms with van der Waals surface area (Å²) in [6.07, 6.45) is 23.0. The van der Waals surface area contributed by atoms with Gasteiger partial charge in [-0.3, -0.25) is 14.2 Å².